The summed E-state index contributed by atoms with van der Waals surface area (Å²) < 4.78 is 26.1. The molecule has 0 radical (unpaired) electrons. The van der Waals surface area contributed by atoms with Gasteiger partial charge >= 0.3 is 5.97 Å². The third kappa shape index (κ3) is 3.31. The van der Waals surface area contributed by atoms with Gasteiger partial charge in [0.15, 0.2) is 0 Å². The average molecular weight is 302 g/mol. The second kappa shape index (κ2) is 5.55. The molecule has 0 aliphatic carbocycles. The highest BCUT2D eigenvalue weighted by molar-refractivity contribution is 7.89. The summed E-state index contributed by atoms with van der Waals surface area (Å²) in [5.41, 5.74) is 0.301. The highest BCUT2D eigenvalue weighted by Crippen LogP contribution is 2.25. The normalized spacial score (nSPS) is 12.9. The van der Waals surface area contributed by atoms with Gasteiger partial charge in [-0.25, -0.2) is 8.42 Å². The Morgan fingerprint density at radius 3 is 2.35 bits per heavy atom. The van der Waals surface area contributed by atoms with E-state index in [4.69, 9.17) is 5.11 Å². The number of aliphatic carboxylic acids is 1. The van der Waals surface area contributed by atoms with Crippen molar-refractivity contribution in [1.29, 1.82) is 0 Å². The van der Waals surface area contributed by atoms with Crippen LogP contribution in [0.3, 0.4) is 0 Å². The van der Waals surface area contributed by atoms with Crippen molar-refractivity contribution in [3.63, 3.8) is 0 Å². The Labute approximate surface area is 115 Å². The maximum atomic E-state index is 12.1. The second-order valence-electron chi connectivity index (χ2n) is 4.34. The number of aryl methyl sites for hydroxylation is 2. The van der Waals surface area contributed by atoms with Crippen molar-refractivity contribution in [2.75, 3.05) is 0 Å². The van der Waals surface area contributed by atoms with E-state index in [-0.39, 0.29) is 10.6 Å². The number of nitrogens with one attached hydrogen (secondary N) is 1. The Morgan fingerprint density at radius 1 is 1.35 bits per heavy atom. The molecule has 0 aliphatic rings. The van der Waals surface area contributed by atoms with Gasteiger partial charge < -0.3 is 5.11 Å². The Morgan fingerprint density at radius 2 is 1.90 bits per heavy atom. The number of carboxylic acid groups (broad SMARTS) is 1. The van der Waals surface area contributed by atoms with E-state index in [9.17, 15) is 23.3 Å². The number of hydrogen-bond acceptors (Lipinski definition) is 5. The predicted octanol–water partition coefficient (Wildman–Crippen LogP) is 0.963. The van der Waals surface area contributed by atoms with Gasteiger partial charge in [0.1, 0.15) is 6.04 Å². The van der Waals surface area contributed by atoms with Crippen LogP contribution < -0.4 is 4.72 Å². The van der Waals surface area contributed by atoms with Gasteiger partial charge in [-0.05, 0) is 32.4 Å². The van der Waals surface area contributed by atoms with E-state index in [0.717, 1.165) is 13.0 Å². The lowest BCUT2D eigenvalue weighted by Crippen LogP contribution is -2.38. The average Bonchev–Trinajstić information content (AvgIpc) is 2.26. The lowest BCUT2D eigenvalue weighted by molar-refractivity contribution is -0.385. The minimum Gasteiger partial charge on any atom is -0.480 e. The van der Waals surface area contributed by atoms with Crippen molar-refractivity contribution >= 4 is 21.7 Å². The summed E-state index contributed by atoms with van der Waals surface area (Å²) in [6, 6.07) is 0.972. The second-order valence-corrected chi connectivity index (χ2v) is 6.02. The minimum absolute atomic E-state index is 0.303. The number of nitro benzene ring substituents is 1. The van der Waals surface area contributed by atoms with Gasteiger partial charge in [-0.2, -0.15) is 4.72 Å². The Bertz CT molecular complexity index is 668. The zero-order valence-electron chi connectivity index (χ0n) is 11.1. The van der Waals surface area contributed by atoms with E-state index in [1.807, 2.05) is 4.72 Å². The molecule has 1 aromatic carbocycles. The van der Waals surface area contributed by atoms with Crippen LogP contribution in [0.15, 0.2) is 17.0 Å². The van der Waals surface area contributed by atoms with Crippen molar-refractivity contribution in [1.82, 2.24) is 4.72 Å². The van der Waals surface area contributed by atoms with Gasteiger partial charge in [-0.1, -0.05) is 0 Å². The van der Waals surface area contributed by atoms with E-state index in [1.165, 1.54) is 19.9 Å². The molecule has 0 amide bonds. The first kappa shape index (κ1) is 16.1. The van der Waals surface area contributed by atoms with E-state index in [0.29, 0.717) is 11.1 Å². The largest absolute Gasteiger partial charge is 0.480 e. The van der Waals surface area contributed by atoms with Crippen molar-refractivity contribution in [3.05, 3.63) is 33.4 Å². The predicted molar refractivity (Wildman–Crippen MR) is 70.0 cm³/mol. The van der Waals surface area contributed by atoms with Crippen molar-refractivity contribution in [2.24, 2.45) is 0 Å². The number of nitro groups is 1. The molecule has 8 nitrogen and oxygen atoms in total. The van der Waals surface area contributed by atoms with Crippen LogP contribution in [0.5, 0.6) is 0 Å². The number of rotatable bonds is 5. The third-order valence-corrected chi connectivity index (χ3v) is 4.36. The monoisotopic (exact) mass is 302 g/mol. The van der Waals surface area contributed by atoms with E-state index < -0.39 is 27.0 Å². The van der Waals surface area contributed by atoms with Crippen LogP contribution in [0, 0.1) is 24.0 Å². The summed E-state index contributed by atoms with van der Waals surface area (Å²) in [7, 11) is -4.14. The zero-order chi connectivity index (χ0) is 15.7. The van der Waals surface area contributed by atoms with Crippen molar-refractivity contribution in [3.8, 4) is 0 Å². The van der Waals surface area contributed by atoms with Gasteiger partial charge in [0.05, 0.1) is 9.82 Å². The van der Waals surface area contributed by atoms with Gasteiger partial charge in [0.25, 0.3) is 5.69 Å². The standard InChI is InChI=1S/C11H14N2O6S/c1-6-4-7(2)10(5-9(6)13(16)17)20(18,19)12-8(3)11(14)15/h4-5,8,12H,1-3H3,(H,14,15)/t8-/m0/s1. The fourth-order valence-corrected chi connectivity index (χ4v) is 3.10. The molecule has 0 spiro atoms. The smallest absolute Gasteiger partial charge is 0.321 e. The number of sulfonamides is 1. The van der Waals surface area contributed by atoms with Gasteiger partial charge in [0, 0.05) is 11.6 Å². The number of hydrogen-bond donors (Lipinski definition) is 2. The fraction of sp³-hybridized carbons (Fsp3) is 0.364. The molecular formula is C11H14N2O6S. The summed E-state index contributed by atoms with van der Waals surface area (Å²) in [6.45, 7) is 4.14. The van der Waals surface area contributed by atoms with Crippen molar-refractivity contribution in [2.45, 2.75) is 31.7 Å². The molecule has 0 heterocycles. The van der Waals surface area contributed by atoms with E-state index in [2.05, 4.69) is 0 Å². The highest BCUT2D eigenvalue weighted by Gasteiger charge is 2.26. The molecule has 20 heavy (non-hydrogen) atoms. The van der Waals surface area contributed by atoms with Crippen LogP contribution in [0.25, 0.3) is 0 Å². The number of nitrogens with zero attached hydrogens (tertiary/aromatic N) is 1. The summed E-state index contributed by atoms with van der Waals surface area (Å²) in [6.07, 6.45) is 0. The molecule has 110 valence electrons. The quantitative estimate of drug-likeness (QED) is 0.616. The number of benzene rings is 1. The Hall–Kier alpha value is -2.00. The zero-order valence-corrected chi connectivity index (χ0v) is 11.9. The Balaban J connectivity index is 3.35. The molecule has 2 N–H and O–H groups in total. The van der Waals surface area contributed by atoms with Crippen LogP contribution >= 0.6 is 0 Å². The number of carbonyl (C=O) groups is 1. The lowest BCUT2D eigenvalue weighted by Gasteiger charge is -2.12. The maximum Gasteiger partial charge on any atom is 0.321 e. The van der Waals surface area contributed by atoms with Crippen LogP contribution in [0.1, 0.15) is 18.1 Å². The van der Waals surface area contributed by atoms with Gasteiger partial charge in [-0.15, -0.1) is 0 Å². The molecule has 9 heteroatoms. The Kier molecular flexibility index (Phi) is 4.46. The first-order chi connectivity index (χ1) is 9.06. The van der Waals surface area contributed by atoms with E-state index >= 15 is 0 Å². The molecule has 0 aromatic heterocycles. The molecule has 0 aliphatic heterocycles. The van der Waals surface area contributed by atoms with Crippen LogP contribution in [-0.4, -0.2) is 30.5 Å². The number of carboxylic acids is 1. The summed E-state index contributed by atoms with van der Waals surface area (Å²) in [5, 5.41) is 19.6. The van der Waals surface area contributed by atoms with Crippen LogP contribution in [-0.2, 0) is 14.8 Å². The molecule has 0 saturated carbocycles. The van der Waals surface area contributed by atoms with Crippen molar-refractivity contribution < 1.29 is 23.2 Å². The summed E-state index contributed by atoms with van der Waals surface area (Å²) >= 11 is 0. The first-order valence-corrected chi connectivity index (χ1v) is 7.05. The first-order valence-electron chi connectivity index (χ1n) is 5.57. The molecule has 0 saturated heterocycles. The fourth-order valence-electron chi connectivity index (χ4n) is 1.65. The van der Waals surface area contributed by atoms with Crippen LogP contribution in [0.2, 0.25) is 0 Å². The summed E-state index contributed by atoms with van der Waals surface area (Å²) in [5.74, 6) is -1.34. The van der Waals surface area contributed by atoms with Crippen LogP contribution in [0.4, 0.5) is 5.69 Å². The highest BCUT2D eigenvalue weighted by atomic mass is 32.2. The topological polar surface area (TPSA) is 127 Å². The third-order valence-electron chi connectivity index (χ3n) is 2.68. The molecule has 1 rings (SSSR count). The maximum absolute atomic E-state index is 12.1. The SMILES string of the molecule is Cc1cc(C)c(S(=O)(=O)N[C@@H](C)C(=O)O)cc1[N+](=O)[O-]. The molecular weight excluding hydrogens is 288 g/mol. The van der Waals surface area contributed by atoms with E-state index in [1.54, 1.807) is 0 Å². The lowest BCUT2D eigenvalue weighted by atomic mass is 10.1. The minimum atomic E-state index is -4.14. The van der Waals surface area contributed by atoms with Gasteiger partial charge in [-0.3, -0.25) is 14.9 Å². The summed E-state index contributed by atoms with van der Waals surface area (Å²) in [4.78, 5) is 20.5. The molecule has 1 aromatic rings. The molecule has 0 bridgehead atoms. The van der Waals surface area contributed by atoms with Gasteiger partial charge in [0.2, 0.25) is 10.0 Å². The molecule has 0 unspecified atom stereocenters. The molecule has 1 atom stereocenters. The molecule has 0 fully saturated rings.